The van der Waals surface area contributed by atoms with Crippen LogP contribution < -0.4 is 15.0 Å². The standard InChI is InChI=1S/C11H15F3N2O/c1-15-6-7-16(2)9-4-3-5-10(8-9)17-11(12,13)14/h3-5,8,15H,6-7H2,1-2H3. The van der Waals surface area contributed by atoms with Crippen molar-refractivity contribution in [3.05, 3.63) is 24.3 Å². The number of halogens is 3. The van der Waals surface area contributed by atoms with Gasteiger partial charge in [0.1, 0.15) is 5.75 Å². The molecular formula is C11H15F3N2O. The van der Waals surface area contributed by atoms with Crippen LogP contribution in [0.25, 0.3) is 0 Å². The van der Waals surface area contributed by atoms with Crippen molar-refractivity contribution in [2.75, 3.05) is 32.1 Å². The summed E-state index contributed by atoms with van der Waals surface area (Å²) in [4.78, 5) is 1.85. The third kappa shape index (κ3) is 4.95. The van der Waals surface area contributed by atoms with Crippen LogP contribution >= 0.6 is 0 Å². The molecule has 0 aliphatic carbocycles. The Morgan fingerprint density at radius 3 is 2.65 bits per heavy atom. The fourth-order valence-corrected chi connectivity index (χ4v) is 1.33. The number of nitrogens with zero attached hydrogens (tertiary/aromatic N) is 1. The molecule has 0 aliphatic rings. The number of hydrogen-bond donors (Lipinski definition) is 1. The normalized spacial score (nSPS) is 11.4. The zero-order valence-corrected chi connectivity index (χ0v) is 9.71. The molecule has 0 spiro atoms. The van der Waals surface area contributed by atoms with Crippen LogP contribution in [-0.4, -0.2) is 33.5 Å². The first-order valence-corrected chi connectivity index (χ1v) is 5.14. The van der Waals surface area contributed by atoms with Crippen LogP contribution in [0.2, 0.25) is 0 Å². The van der Waals surface area contributed by atoms with E-state index in [2.05, 4.69) is 10.1 Å². The number of anilines is 1. The van der Waals surface area contributed by atoms with E-state index < -0.39 is 6.36 Å². The van der Waals surface area contributed by atoms with E-state index in [4.69, 9.17) is 0 Å². The van der Waals surface area contributed by atoms with Crippen molar-refractivity contribution < 1.29 is 17.9 Å². The summed E-state index contributed by atoms with van der Waals surface area (Å²) >= 11 is 0. The molecule has 0 aromatic heterocycles. The van der Waals surface area contributed by atoms with Crippen LogP contribution in [0.3, 0.4) is 0 Å². The number of benzene rings is 1. The average Bonchev–Trinajstić information content (AvgIpc) is 2.24. The summed E-state index contributed by atoms with van der Waals surface area (Å²) in [6.07, 6.45) is -4.65. The first kappa shape index (κ1) is 13.6. The summed E-state index contributed by atoms with van der Waals surface area (Å²) < 4.78 is 39.9. The van der Waals surface area contributed by atoms with Crippen molar-refractivity contribution in [1.82, 2.24) is 5.32 Å². The van der Waals surface area contributed by atoms with Crippen LogP contribution in [0.15, 0.2) is 24.3 Å². The van der Waals surface area contributed by atoms with Gasteiger partial charge >= 0.3 is 6.36 Å². The van der Waals surface area contributed by atoms with Crippen LogP contribution in [0.1, 0.15) is 0 Å². The largest absolute Gasteiger partial charge is 0.573 e. The van der Waals surface area contributed by atoms with E-state index in [1.807, 2.05) is 19.0 Å². The molecule has 0 aliphatic heterocycles. The molecule has 1 rings (SSSR count). The van der Waals surface area contributed by atoms with Gasteiger partial charge < -0.3 is 15.0 Å². The highest BCUT2D eigenvalue weighted by Gasteiger charge is 2.31. The Bertz CT molecular complexity index is 355. The Morgan fingerprint density at radius 2 is 2.06 bits per heavy atom. The maximum atomic E-state index is 12.0. The van der Waals surface area contributed by atoms with Crippen molar-refractivity contribution >= 4 is 5.69 Å². The third-order valence-electron chi connectivity index (χ3n) is 2.19. The number of nitrogens with one attached hydrogen (secondary N) is 1. The molecule has 0 saturated carbocycles. The number of alkyl halides is 3. The van der Waals surface area contributed by atoms with Gasteiger partial charge in [-0.1, -0.05) is 6.07 Å². The van der Waals surface area contributed by atoms with Gasteiger partial charge in [-0.15, -0.1) is 13.2 Å². The number of ether oxygens (including phenoxy) is 1. The van der Waals surface area contributed by atoms with E-state index >= 15 is 0 Å². The highest BCUT2D eigenvalue weighted by Crippen LogP contribution is 2.26. The summed E-state index contributed by atoms with van der Waals surface area (Å²) in [5.41, 5.74) is 0.682. The zero-order valence-electron chi connectivity index (χ0n) is 9.71. The Labute approximate surface area is 98.2 Å². The van der Waals surface area contributed by atoms with Crippen LogP contribution in [0.5, 0.6) is 5.75 Å². The summed E-state index contributed by atoms with van der Waals surface area (Å²) in [7, 11) is 3.63. The topological polar surface area (TPSA) is 24.5 Å². The zero-order chi connectivity index (χ0) is 12.9. The van der Waals surface area contributed by atoms with Gasteiger partial charge in [0.2, 0.25) is 0 Å². The molecule has 0 saturated heterocycles. The van der Waals surface area contributed by atoms with Crippen molar-refractivity contribution in [3.63, 3.8) is 0 Å². The highest BCUT2D eigenvalue weighted by molar-refractivity contribution is 5.50. The average molecular weight is 248 g/mol. The van der Waals surface area contributed by atoms with Gasteiger partial charge in [-0.25, -0.2) is 0 Å². The second-order valence-corrected chi connectivity index (χ2v) is 3.57. The molecule has 0 fully saturated rings. The fourth-order valence-electron chi connectivity index (χ4n) is 1.33. The van der Waals surface area contributed by atoms with Gasteiger partial charge in [-0.2, -0.15) is 0 Å². The van der Waals surface area contributed by atoms with Crippen molar-refractivity contribution in [2.24, 2.45) is 0 Å². The second-order valence-electron chi connectivity index (χ2n) is 3.57. The summed E-state index contributed by atoms with van der Waals surface area (Å²) in [6, 6.07) is 5.91. The Kier molecular flexibility index (Phi) is 4.62. The molecule has 6 heteroatoms. The summed E-state index contributed by atoms with van der Waals surface area (Å²) in [5, 5.41) is 2.97. The molecule has 96 valence electrons. The minimum atomic E-state index is -4.65. The van der Waals surface area contributed by atoms with Crippen LogP contribution in [0.4, 0.5) is 18.9 Å². The van der Waals surface area contributed by atoms with Crippen LogP contribution in [-0.2, 0) is 0 Å². The molecule has 0 heterocycles. The lowest BCUT2D eigenvalue weighted by atomic mass is 10.3. The van der Waals surface area contributed by atoms with E-state index in [1.54, 1.807) is 6.07 Å². The monoisotopic (exact) mass is 248 g/mol. The maximum absolute atomic E-state index is 12.0. The van der Waals surface area contributed by atoms with Crippen molar-refractivity contribution in [3.8, 4) is 5.75 Å². The lowest BCUT2D eigenvalue weighted by Crippen LogP contribution is -2.27. The summed E-state index contributed by atoms with van der Waals surface area (Å²) in [6.45, 7) is 1.45. The molecule has 0 bridgehead atoms. The van der Waals surface area contributed by atoms with E-state index in [1.165, 1.54) is 18.2 Å². The molecule has 0 unspecified atom stereocenters. The Hall–Kier alpha value is -1.43. The predicted molar refractivity (Wildman–Crippen MR) is 60.3 cm³/mol. The van der Waals surface area contributed by atoms with Gasteiger partial charge in [0.15, 0.2) is 0 Å². The SMILES string of the molecule is CNCCN(C)c1cccc(OC(F)(F)F)c1. The highest BCUT2D eigenvalue weighted by atomic mass is 19.4. The minimum absolute atomic E-state index is 0.202. The third-order valence-corrected chi connectivity index (χ3v) is 2.19. The fraction of sp³-hybridized carbons (Fsp3) is 0.455. The molecule has 1 aromatic carbocycles. The Morgan fingerprint density at radius 1 is 1.35 bits per heavy atom. The molecule has 1 N–H and O–H groups in total. The molecule has 1 aromatic rings. The van der Waals surface area contributed by atoms with Gasteiger partial charge in [0.25, 0.3) is 0 Å². The number of rotatable bonds is 5. The van der Waals surface area contributed by atoms with Crippen LogP contribution in [0, 0.1) is 0 Å². The van der Waals surface area contributed by atoms with Crippen molar-refractivity contribution in [2.45, 2.75) is 6.36 Å². The smallest absolute Gasteiger partial charge is 0.406 e. The van der Waals surface area contributed by atoms with Gasteiger partial charge in [0.05, 0.1) is 0 Å². The maximum Gasteiger partial charge on any atom is 0.573 e. The molecular weight excluding hydrogens is 233 g/mol. The molecule has 17 heavy (non-hydrogen) atoms. The van der Waals surface area contributed by atoms with E-state index in [0.717, 1.165) is 6.54 Å². The molecule has 0 atom stereocenters. The first-order valence-electron chi connectivity index (χ1n) is 5.14. The van der Waals surface area contributed by atoms with E-state index in [0.29, 0.717) is 12.2 Å². The quantitative estimate of drug-likeness (QED) is 0.864. The van der Waals surface area contributed by atoms with Gasteiger partial charge in [-0.3, -0.25) is 0 Å². The molecule has 3 nitrogen and oxygen atoms in total. The van der Waals surface area contributed by atoms with Crippen molar-refractivity contribution in [1.29, 1.82) is 0 Å². The number of likely N-dealkylation sites (N-methyl/N-ethyl adjacent to an activating group) is 2. The van der Waals surface area contributed by atoms with E-state index in [9.17, 15) is 13.2 Å². The lowest BCUT2D eigenvalue weighted by molar-refractivity contribution is -0.274. The Balaban J connectivity index is 2.71. The minimum Gasteiger partial charge on any atom is -0.406 e. The van der Waals surface area contributed by atoms with Gasteiger partial charge in [0, 0.05) is 31.9 Å². The predicted octanol–water partition coefficient (Wildman–Crippen LogP) is 2.24. The molecule has 0 amide bonds. The summed E-state index contributed by atoms with van der Waals surface area (Å²) in [5.74, 6) is -0.202. The van der Waals surface area contributed by atoms with E-state index in [-0.39, 0.29) is 5.75 Å². The number of hydrogen-bond acceptors (Lipinski definition) is 3. The van der Waals surface area contributed by atoms with Gasteiger partial charge in [-0.05, 0) is 19.2 Å². The lowest BCUT2D eigenvalue weighted by Gasteiger charge is -2.20. The molecule has 0 radical (unpaired) electrons. The second kappa shape index (κ2) is 5.77. The first-order chi connectivity index (χ1) is 7.92.